The second kappa shape index (κ2) is 7.23. The van der Waals surface area contributed by atoms with Crippen LogP contribution in [-0.2, 0) is 3.07 Å². The van der Waals surface area contributed by atoms with Crippen molar-refractivity contribution in [3.05, 3.63) is 29.8 Å². The molecule has 0 heterocycles. The second-order valence-corrected chi connectivity index (χ2v) is 6.73. The van der Waals surface area contributed by atoms with Gasteiger partial charge in [0.15, 0.2) is 0 Å². The number of rotatable bonds is 5. The number of nitrogens with two attached hydrogens (primary N) is 2. The normalized spacial score (nSPS) is 10.5. The molecule has 0 atom stereocenters. The van der Waals surface area contributed by atoms with Crippen LogP contribution in [0.25, 0.3) is 0 Å². The maximum absolute atomic E-state index is 11.5. The first-order chi connectivity index (χ1) is 7.24. The van der Waals surface area contributed by atoms with E-state index in [9.17, 15) is 4.79 Å². The molecule has 1 rings (SSSR count). The van der Waals surface area contributed by atoms with Crippen molar-refractivity contribution >= 4 is 11.7 Å². The standard InChI is InChI=1S/C9H12I2N2O2/c12-8-3-1-7(2-4-8)9(14)15-11-6-5-10-13/h1-4H,5-6,12-13H2/q-2. The van der Waals surface area contributed by atoms with Crippen LogP contribution in [0.15, 0.2) is 24.3 Å². The van der Waals surface area contributed by atoms with Crippen LogP contribution in [0.4, 0.5) is 5.69 Å². The van der Waals surface area contributed by atoms with Crippen LogP contribution in [0.2, 0.25) is 0 Å². The van der Waals surface area contributed by atoms with Crippen LogP contribution < -0.4 is 52.8 Å². The number of nitrogen functional groups attached to an aromatic ring is 1. The molecular formula is C9H12I2N2O2-2. The summed E-state index contributed by atoms with van der Waals surface area (Å²) < 4.78 is 12.6. The number of hydrogen-bond donors (Lipinski definition) is 2. The number of halogens is 2. The molecule has 15 heavy (non-hydrogen) atoms. The SMILES string of the molecule is N[I-]CC[I-]OC(=O)c1ccc(N)cc1. The van der Waals surface area contributed by atoms with E-state index in [0.29, 0.717) is 11.3 Å². The molecule has 0 saturated carbocycles. The van der Waals surface area contributed by atoms with Gasteiger partial charge in [-0.1, -0.05) is 0 Å². The van der Waals surface area contributed by atoms with Gasteiger partial charge in [0.2, 0.25) is 0 Å². The van der Waals surface area contributed by atoms with Gasteiger partial charge < -0.3 is 0 Å². The molecule has 0 spiro atoms. The third-order valence-corrected chi connectivity index (χ3v) is 6.45. The van der Waals surface area contributed by atoms with E-state index in [1.165, 1.54) is 0 Å². The number of benzene rings is 1. The second-order valence-electron chi connectivity index (χ2n) is 2.63. The van der Waals surface area contributed by atoms with Gasteiger partial charge >= 0.3 is 111 Å². The number of alkyl halides is 2. The Balaban J connectivity index is 2.37. The van der Waals surface area contributed by atoms with Crippen molar-refractivity contribution in [2.24, 2.45) is 3.95 Å². The molecule has 0 radical (unpaired) electrons. The van der Waals surface area contributed by atoms with E-state index in [-0.39, 0.29) is 27.4 Å². The minimum atomic E-state index is -0.489. The fourth-order valence-corrected chi connectivity index (χ4v) is 4.68. The van der Waals surface area contributed by atoms with E-state index in [1.54, 1.807) is 24.3 Å². The topological polar surface area (TPSA) is 78.3 Å². The van der Waals surface area contributed by atoms with Crippen LogP contribution in [0.1, 0.15) is 10.4 Å². The van der Waals surface area contributed by atoms with Gasteiger partial charge in [-0.25, -0.2) is 0 Å². The minimum absolute atomic E-state index is 0.165. The van der Waals surface area contributed by atoms with E-state index < -0.39 is 21.6 Å². The summed E-state index contributed by atoms with van der Waals surface area (Å²) in [5, 5.41) is 0. The molecule has 4 N–H and O–H groups in total. The quantitative estimate of drug-likeness (QED) is 0.160. The summed E-state index contributed by atoms with van der Waals surface area (Å²) in [6.07, 6.45) is 0. The zero-order chi connectivity index (χ0) is 11.1. The van der Waals surface area contributed by atoms with Crippen molar-refractivity contribution in [3.63, 3.8) is 0 Å². The van der Waals surface area contributed by atoms with Crippen LogP contribution in [0.5, 0.6) is 0 Å². The molecule has 0 amide bonds. The molecule has 0 saturated heterocycles. The predicted octanol–water partition coefficient (Wildman–Crippen LogP) is -5.61. The van der Waals surface area contributed by atoms with Crippen LogP contribution in [0, 0.1) is 0 Å². The van der Waals surface area contributed by atoms with Crippen molar-refractivity contribution in [1.82, 2.24) is 0 Å². The molecule has 0 bridgehead atoms. The van der Waals surface area contributed by atoms with Gasteiger partial charge in [0.1, 0.15) is 0 Å². The monoisotopic (exact) mass is 434 g/mol. The van der Waals surface area contributed by atoms with Gasteiger partial charge in [-0.3, -0.25) is 0 Å². The Morgan fingerprint density at radius 2 is 1.93 bits per heavy atom. The van der Waals surface area contributed by atoms with Crippen molar-refractivity contribution in [1.29, 1.82) is 0 Å². The van der Waals surface area contributed by atoms with E-state index >= 15 is 0 Å². The third-order valence-electron chi connectivity index (χ3n) is 1.53. The summed E-state index contributed by atoms with van der Waals surface area (Å²) in [6.45, 7) is 0. The first kappa shape index (κ1) is 13.0. The molecule has 0 aliphatic heterocycles. The van der Waals surface area contributed by atoms with Gasteiger partial charge in [0, 0.05) is 0 Å². The summed E-state index contributed by atoms with van der Waals surface area (Å²) in [6, 6.07) is 6.75. The molecule has 0 aliphatic rings. The molecule has 0 fully saturated rings. The van der Waals surface area contributed by atoms with Crippen LogP contribution >= 0.6 is 0 Å². The van der Waals surface area contributed by atoms with Gasteiger partial charge in [-0.2, -0.15) is 0 Å². The average molecular weight is 434 g/mol. The molecule has 0 aliphatic carbocycles. The molecule has 0 unspecified atom stereocenters. The Morgan fingerprint density at radius 1 is 1.27 bits per heavy atom. The molecule has 1 aromatic carbocycles. The number of carbonyl (C=O) groups excluding carboxylic acids is 1. The number of carbonyl (C=O) groups is 1. The Hall–Kier alpha value is -0.0900. The molecule has 4 nitrogen and oxygen atoms in total. The van der Waals surface area contributed by atoms with Gasteiger partial charge in [-0.05, 0) is 0 Å². The Labute approximate surface area is 110 Å². The predicted molar refractivity (Wildman–Crippen MR) is 50.2 cm³/mol. The first-order valence-electron chi connectivity index (χ1n) is 4.18. The average Bonchev–Trinajstić information content (AvgIpc) is 2.25. The zero-order valence-corrected chi connectivity index (χ0v) is 12.3. The molecule has 86 valence electrons. The first-order valence-corrected chi connectivity index (χ1v) is 9.35. The van der Waals surface area contributed by atoms with Crippen molar-refractivity contribution < 1.29 is 51.0 Å². The van der Waals surface area contributed by atoms with E-state index in [2.05, 4.69) is 0 Å². The molecule has 6 heteroatoms. The van der Waals surface area contributed by atoms with E-state index in [0.717, 1.165) is 8.86 Å². The Morgan fingerprint density at radius 3 is 2.53 bits per heavy atom. The van der Waals surface area contributed by atoms with Gasteiger partial charge in [-0.15, -0.1) is 0 Å². The summed E-state index contributed by atoms with van der Waals surface area (Å²) in [5.41, 5.74) is 6.72. The van der Waals surface area contributed by atoms with Gasteiger partial charge in [0.05, 0.1) is 0 Å². The molecule has 0 aromatic heterocycles. The fourth-order valence-electron chi connectivity index (χ4n) is 0.822. The summed E-state index contributed by atoms with van der Waals surface area (Å²) in [4.78, 5) is 11.5. The van der Waals surface area contributed by atoms with E-state index in [4.69, 9.17) is 12.7 Å². The van der Waals surface area contributed by atoms with Gasteiger partial charge in [0.25, 0.3) is 0 Å². The summed E-state index contributed by atoms with van der Waals surface area (Å²) in [5.74, 6) is -0.252. The maximum atomic E-state index is 11.5. The van der Waals surface area contributed by atoms with Crippen LogP contribution in [-0.4, -0.2) is 14.8 Å². The third kappa shape index (κ3) is 4.98. The number of hydrogen-bond acceptors (Lipinski definition) is 4. The van der Waals surface area contributed by atoms with E-state index in [1.807, 2.05) is 0 Å². The molecular weight excluding hydrogens is 422 g/mol. The summed E-state index contributed by atoms with van der Waals surface area (Å²) >= 11 is -0.654. The van der Waals surface area contributed by atoms with Crippen molar-refractivity contribution in [2.75, 3.05) is 14.6 Å². The van der Waals surface area contributed by atoms with Crippen molar-refractivity contribution in [2.45, 2.75) is 0 Å². The van der Waals surface area contributed by atoms with Crippen molar-refractivity contribution in [3.8, 4) is 0 Å². The fraction of sp³-hybridized carbons (Fsp3) is 0.222. The molecule has 1 aromatic rings. The zero-order valence-electron chi connectivity index (χ0n) is 7.95. The Bertz CT molecular complexity index is 316. The number of anilines is 1. The summed E-state index contributed by atoms with van der Waals surface area (Å²) in [7, 11) is 0. The Kier molecular flexibility index (Phi) is 6.25. The van der Waals surface area contributed by atoms with Crippen LogP contribution in [0.3, 0.4) is 0 Å².